The predicted molar refractivity (Wildman–Crippen MR) is 248 cm³/mol. The smallest absolute Gasteiger partial charge is 0.0972 e. The van der Waals surface area contributed by atoms with Crippen molar-refractivity contribution < 1.29 is 0 Å². The second-order valence-electron chi connectivity index (χ2n) is 15.1. The number of fused-ring (bicyclic) bond motifs is 5. The van der Waals surface area contributed by atoms with Crippen molar-refractivity contribution in [2.45, 2.75) is 0 Å². The van der Waals surface area contributed by atoms with Gasteiger partial charge in [0.1, 0.15) is 0 Å². The van der Waals surface area contributed by atoms with Gasteiger partial charge in [0.05, 0.1) is 16.9 Å². The molecule has 0 fully saturated rings. The van der Waals surface area contributed by atoms with Crippen LogP contribution in [0.5, 0.6) is 0 Å². The van der Waals surface area contributed by atoms with Gasteiger partial charge >= 0.3 is 0 Å². The average Bonchev–Trinajstić information content (AvgIpc) is 3.32. The van der Waals surface area contributed by atoms with E-state index in [0.717, 1.165) is 50.5 Å². The summed E-state index contributed by atoms with van der Waals surface area (Å²) in [6.45, 7) is 0. The van der Waals surface area contributed by atoms with E-state index in [9.17, 15) is 0 Å². The second kappa shape index (κ2) is 14.6. The fourth-order valence-corrected chi connectivity index (χ4v) is 8.44. The van der Waals surface area contributed by atoms with Gasteiger partial charge in [-0.2, -0.15) is 0 Å². The van der Waals surface area contributed by atoms with E-state index in [2.05, 4.69) is 199 Å². The zero-order valence-corrected chi connectivity index (χ0v) is 32.2. The number of pyridine rings is 2. The van der Waals surface area contributed by atoms with Crippen LogP contribution in [0.25, 0.3) is 88.0 Å². The summed E-state index contributed by atoms with van der Waals surface area (Å²) >= 11 is 0. The Labute approximate surface area is 343 Å². The summed E-state index contributed by atoms with van der Waals surface area (Å²) in [7, 11) is 0. The molecule has 0 aliphatic heterocycles. The van der Waals surface area contributed by atoms with Crippen molar-refractivity contribution in [1.29, 1.82) is 0 Å². The molecule has 0 aliphatic carbocycles. The standard InChI is InChI=1S/C56H37N3/c1-3-10-38(11-4-1)45-25-31-52-46(35-45)19-20-47-36-51(30-32-53(47)52)59(49-26-21-40(22-27-49)44-18-17-39-12-7-8-15-43(39)34-44)50-28-23-41(24-29-50)54-37-48-16-9-33-57-55(48)56(58-54)42-13-5-2-6-14-42/h1-37H. The Hall–Kier alpha value is -7.88. The molecule has 0 amide bonds. The summed E-state index contributed by atoms with van der Waals surface area (Å²) in [5.74, 6) is 0. The lowest BCUT2D eigenvalue weighted by atomic mass is 9.97. The fraction of sp³-hybridized carbons (Fsp3) is 0. The first-order chi connectivity index (χ1) is 29.2. The molecule has 0 saturated heterocycles. The molecule has 0 N–H and O–H groups in total. The number of anilines is 3. The lowest BCUT2D eigenvalue weighted by Crippen LogP contribution is -2.10. The molecule has 0 radical (unpaired) electrons. The Morgan fingerprint density at radius 3 is 1.54 bits per heavy atom. The molecule has 0 spiro atoms. The quantitative estimate of drug-likeness (QED) is 0.152. The normalized spacial score (nSPS) is 11.4. The van der Waals surface area contributed by atoms with Crippen LogP contribution in [0.15, 0.2) is 225 Å². The van der Waals surface area contributed by atoms with Gasteiger partial charge in [-0.3, -0.25) is 4.98 Å². The number of rotatable bonds is 7. The van der Waals surface area contributed by atoms with E-state index in [1.165, 1.54) is 54.6 Å². The van der Waals surface area contributed by atoms with E-state index >= 15 is 0 Å². The third-order valence-electron chi connectivity index (χ3n) is 11.4. The Balaban J connectivity index is 1.00. The Bertz CT molecular complexity index is 3300. The van der Waals surface area contributed by atoms with Crippen molar-refractivity contribution in [2.24, 2.45) is 0 Å². The summed E-state index contributed by atoms with van der Waals surface area (Å²) in [4.78, 5) is 12.3. The monoisotopic (exact) mass is 751 g/mol. The lowest BCUT2D eigenvalue weighted by Gasteiger charge is -2.26. The van der Waals surface area contributed by atoms with E-state index in [4.69, 9.17) is 9.97 Å². The molecule has 3 heteroatoms. The number of benzene rings is 9. The molecule has 11 aromatic rings. The summed E-state index contributed by atoms with van der Waals surface area (Å²) < 4.78 is 0. The average molecular weight is 752 g/mol. The Kier molecular flexibility index (Phi) is 8.49. The molecule has 276 valence electrons. The van der Waals surface area contributed by atoms with E-state index < -0.39 is 0 Å². The summed E-state index contributed by atoms with van der Waals surface area (Å²) in [5, 5.41) is 8.46. The molecule has 2 heterocycles. The van der Waals surface area contributed by atoms with Gasteiger partial charge in [-0.05, 0) is 115 Å². The van der Waals surface area contributed by atoms with Crippen molar-refractivity contribution in [3.63, 3.8) is 0 Å². The zero-order valence-electron chi connectivity index (χ0n) is 32.2. The van der Waals surface area contributed by atoms with Gasteiger partial charge in [0.2, 0.25) is 0 Å². The lowest BCUT2D eigenvalue weighted by molar-refractivity contribution is 1.28. The maximum atomic E-state index is 5.20. The summed E-state index contributed by atoms with van der Waals surface area (Å²) in [6, 6.07) is 78.3. The molecule has 0 bridgehead atoms. The number of aromatic nitrogens is 2. The highest BCUT2D eigenvalue weighted by atomic mass is 15.1. The van der Waals surface area contributed by atoms with Crippen molar-refractivity contribution in [1.82, 2.24) is 9.97 Å². The molecule has 0 saturated carbocycles. The van der Waals surface area contributed by atoms with E-state index in [-0.39, 0.29) is 0 Å². The number of hydrogen-bond acceptors (Lipinski definition) is 3. The zero-order chi connectivity index (χ0) is 39.1. The van der Waals surface area contributed by atoms with E-state index in [0.29, 0.717) is 0 Å². The molecule has 59 heavy (non-hydrogen) atoms. The van der Waals surface area contributed by atoms with Gasteiger partial charge in [-0.1, -0.05) is 158 Å². The van der Waals surface area contributed by atoms with E-state index in [1.807, 2.05) is 30.5 Å². The third-order valence-corrected chi connectivity index (χ3v) is 11.4. The molecule has 3 nitrogen and oxygen atoms in total. The Morgan fingerprint density at radius 2 is 0.814 bits per heavy atom. The maximum Gasteiger partial charge on any atom is 0.0972 e. The number of hydrogen-bond donors (Lipinski definition) is 0. The van der Waals surface area contributed by atoms with Gasteiger partial charge < -0.3 is 4.90 Å². The second-order valence-corrected chi connectivity index (χ2v) is 15.1. The SMILES string of the molecule is c1ccc(-c2ccc3c(ccc4cc(N(c5ccc(-c6ccc7ccccc7c6)cc5)c5ccc(-c6cc7cccnc7c(-c7ccccc7)n6)cc5)ccc43)c2)cc1. The van der Waals surface area contributed by atoms with Gasteiger partial charge in [0.15, 0.2) is 0 Å². The van der Waals surface area contributed by atoms with Crippen LogP contribution < -0.4 is 4.90 Å². The topological polar surface area (TPSA) is 29.0 Å². The third kappa shape index (κ3) is 6.45. The predicted octanol–water partition coefficient (Wildman–Crippen LogP) is 15.2. The van der Waals surface area contributed by atoms with Gasteiger partial charge in [-0.15, -0.1) is 0 Å². The fourth-order valence-electron chi connectivity index (χ4n) is 8.44. The first kappa shape index (κ1) is 34.4. The largest absolute Gasteiger partial charge is 0.310 e. The molecule has 9 aromatic carbocycles. The first-order valence-electron chi connectivity index (χ1n) is 20.0. The number of nitrogens with zero attached hydrogens (tertiary/aromatic N) is 3. The molecule has 0 unspecified atom stereocenters. The van der Waals surface area contributed by atoms with Crippen molar-refractivity contribution >= 4 is 60.3 Å². The van der Waals surface area contributed by atoms with Crippen LogP contribution in [0.3, 0.4) is 0 Å². The van der Waals surface area contributed by atoms with Gasteiger partial charge in [-0.25, -0.2) is 4.98 Å². The minimum absolute atomic E-state index is 0.885. The van der Waals surface area contributed by atoms with Crippen LogP contribution in [-0.4, -0.2) is 9.97 Å². The highest BCUT2D eigenvalue weighted by Gasteiger charge is 2.16. The Morgan fingerprint density at radius 1 is 0.305 bits per heavy atom. The highest BCUT2D eigenvalue weighted by molar-refractivity contribution is 6.09. The van der Waals surface area contributed by atoms with Crippen molar-refractivity contribution in [2.75, 3.05) is 4.90 Å². The van der Waals surface area contributed by atoms with Crippen LogP contribution in [0, 0.1) is 0 Å². The minimum atomic E-state index is 0.885. The maximum absolute atomic E-state index is 5.20. The van der Waals surface area contributed by atoms with Crippen molar-refractivity contribution in [3.05, 3.63) is 225 Å². The van der Waals surface area contributed by atoms with Crippen LogP contribution in [0.1, 0.15) is 0 Å². The molecule has 11 rings (SSSR count). The minimum Gasteiger partial charge on any atom is -0.310 e. The molecular formula is C56H37N3. The van der Waals surface area contributed by atoms with Gasteiger partial charge in [0.25, 0.3) is 0 Å². The van der Waals surface area contributed by atoms with Gasteiger partial charge in [0, 0.05) is 39.8 Å². The summed E-state index contributed by atoms with van der Waals surface area (Å²) in [6.07, 6.45) is 1.84. The molecule has 0 aliphatic rings. The van der Waals surface area contributed by atoms with E-state index in [1.54, 1.807) is 0 Å². The van der Waals surface area contributed by atoms with Crippen LogP contribution in [0.2, 0.25) is 0 Å². The summed E-state index contributed by atoms with van der Waals surface area (Å²) in [5.41, 5.74) is 12.9. The molecule has 2 aromatic heterocycles. The molecule has 0 atom stereocenters. The van der Waals surface area contributed by atoms with Crippen LogP contribution in [0.4, 0.5) is 17.1 Å². The molecular weight excluding hydrogens is 715 g/mol. The first-order valence-corrected chi connectivity index (χ1v) is 20.0. The van der Waals surface area contributed by atoms with Crippen LogP contribution in [-0.2, 0) is 0 Å². The van der Waals surface area contributed by atoms with Crippen molar-refractivity contribution in [3.8, 4) is 44.8 Å². The highest BCUT2D eigenvalue weighted by Crippen LogP contribution is 2.40. The van der Waals surface area contributed by atoms with Crippen LogP contribution >= 0.6 is 0 Å².